The molecule has 1 rings (SSSR count). The second-order valence-electron chi connectivity index (χ2n) is 1.50. The Balaban J connectivity index is 2.51. The van der Waals surface area contributed by atoms with E-state index in [-0.39, 0.29) is 0 Å². The molecule has 0 bridgehead atoms. The Morgan fingerprint density at radius 3 is 3.00 bits per heavy atom. The molecule has 38 valence electrons. The third-order valence-electron chi connectivity index (χ3n) is 1.01. The van der Waals surface area contributed by atoms with Crippen molar-refractivity contribution >= 4 is 6.34 Å². The van der Waals surface area contributed by atoms with E-state index in [0.29, 0.717) is 0 Å². The van der Waals surface area contributed by atoms with Gasteiger partial charge in [0.2, 0.25) is 6.34 Å². The van der Waals surface area contributed by atoms with Crippen LogP contribution in [0.4, 0.5) is 0 Å². The molecule has 0 aromatic heterocycles. The van der Waals surface area contributed by atoms with Crippen molar-refractivity contribution < 1.29 is 4.58 Å². The maximum absolute atomic E-state index is 3.60. The van der Waals surface area contributed by atoms with Crippen LogP contribution in [-0.2, 0) is 0 Å². The summed E-state index contributed by atoms with van der Waals surface area (Å²) in [4.78, 5) is 0. The van der Waals surface area contributed by atoms with Crippen molar-refractivity contribution in [2.75, 3.05) is 13.1 Å². The number of nitrogens with zero attached hydrogens (tertiary/aromatic N) is 1. The van der Waals surface area contributed by atoms with Gasteiger partial charge in [0, 0.05) is 0 Å². The highest BCUT2D eigenvalue weighted by Gasteiger charge is 2.01. The van der Waals surface area contributed by atoms with E-state index in [9.17, 15) is 0 Å². The molecule has 1 aliphatic rings. The topological polar surface area (TPSA) is 15.0 Å². The Morgan fingerprint density at radius 2 is 2.71 bits per heavy atom. The molecule has 0 aromatic rings. The molecule has 0 spiro atoms. The third kappa shape index (κ3) is 0.796. The SMILES string of the molecule is C=C[N+]1=CNCC1. The summed E-state index contributed by atoms with van der Waals surface area (Å²) in [7, 11) is 0. The van der Waals surface area contributed by atoms with E-state index in [1.165, 1.54) is 0 Å². The largest absolute Gasteiger partial charge is 0.277 e. The fourth-order valence-electron chi connectivity index (χ4n) is 0.584. The Kier molecular flexibility index (Phi) is 1.11. The smallest absolute Gasteiger partial charge is 0.236 e. The van der Waals surface area contributed by atoms with Crippen LogP contribution in [-0.4, -0.2) is 24.0 Å². The lowest BCUT2D eigenvalue weighted by molar-refractivity contribution is -0.440. The molecule has 1 heterocycles. The summed E-state index contributed by atoms with van der Waals surface area (Å²) in [6, 6.07) is 0. The molecule has 0 radical (unpaired) electrons. The van der Waals surface area contributed by atoms with Gasteiger partial charge in [-0.1, -0.05) is 6.58 Å². The van der Waals surface area contributed by atoms with Crippen molar-refractivity contribution in [3.8, 4) is 0 Å². The van der Waals surface area contributed by atoms with E-state index in [2.05, 4.69) is 11.9 Å². The van der Waals surface area contributed by atoms with Gasteiger partial charge < -0.3 is 0 Å². The van der Waals surface area contributed by atoms with E-state index >= 15 is 0 Å². The first-order chi connectivity index (χ1) is 3.43. The van der Waals surface area contributed by atoms with E-state index in [1.807, 2.05) is 10.9 Å². The van der Waals surface area contributed by atoms with E-state index < -0.39 is 0 Å². The highest BCUT2D eigenvalue weighted by atomic mass is 15.1. The van der Waals surface area contributed by atoms with Gasteiger partial charge >= 0.3 is 0 Å². The first-order valence-electron chi connectivity index (χ1n) is 2.38. The highest BCUT2D eigenvalue weighted by molar-refractivity contribution is 5.49. The van der Waals surface area contributed by atoms with Crippen molar-refractivity contribution in [1.29, 1.82) is 0 Å². The van der Waals surface area contributed by atoms with E-state index in [0.717, 1.165) is 13.1 Å². The third-order valence-corrected chi connectivity index (χ3v) is 1.01. The molecule has 7 heavy (non-hydrogen) atoms. The molecular formula is C5H9N2+. The van der Waals surface area contributed by atoms with Crippen LogP contribution < -0.4 is 5.32 Å². The fraction of sp³-hybridized carbons (Fsp3) is 0.400. The molecule has 0 amide bonds. The molecule has 0 saturated heterocycles. The zero-order valence-electron chi connectivity index (χ0n) is 4.22. The van der Waals surface area contributed by atoms with Gasteiger partial charge in [-0.2, -0.15) is 0 Å². The van der Waals surface area contributed by atoms with Crippen LogP contribution in [0.2, 0.25) is 0 Å². The summed E-state index contributed by atoms with van der Waals surface area (Å²) >= 11 is 0. The van der Waals surface area contributed by atoms with Gasteiger partial charge in [-0.15, -0.1) is 0 Å². The number of hydrogen-bond acceptors (Lipinski definition) is 1. The molecule has 0 atom stereocenters. The second kappa shape index (κ2) is 1.78. The van der Waals surface area contributed by atoms with E-state index in [1.54, 1.807) is 6.20 Å². The monoisotopic (exact) mass is 97.1 g/mol. The molecular weight excluding hydrogens is 88.1 g/mol. The number of rotatable bonds is 1. The van der Waals surface area contributed by atoms with Gasteiger partial charge in [-0.05, 0) is 0 Å². The summed E-state index contributed by atoms with van der Waals surface area (Å²) in [6.07, 6.45) is 3.73. The maximum atomic E-state index is 3.60. The van der Waals surface area contributed by atoms with Crippen molar-refractivity contribution in [2.45, 2.75) is 0 Å². The Labute approximate surface area is 43.2 Å². The van der Waals surface area contributed by atoms with Crippen LogP contribution in [0.5, 0.6) is 0 Å². The second-order valence-corrected chi connectivity index (χ2v) is 1.50. The minimum Gasteiger partial charge on any atom is -0.277 e. The van der Waals surface area contributed by atoms with Crippen molar-refractivity contribution in [3.63, 3.8) is 0 Å². The molecule has 0 aliphatic carbocycles. The average Bonchev–Trinajstić information content (AvgIpc) is 2.14. The van der Waals surface area contributed by atoms with E-state index in [4.69, 9.17) is 0 Å². The van der Waals surface area contributed by atoms with Gasteiger partial charge in [0.05, 0.1) is 6.20 Å². The molecule has 0 fully saturated rings. The normalized spacial score (nSPS) is 18.0. The van der Waals surface area contributed by atoms with Gasteiger partial charge in [0.25, 0.3) is 0 Å². The summed E-state index contributed by atoms with van der Waals surface area (Å²) in [6.45, 7) is 5.70. The lowest BCUT2D eigenvalue weighted by atomic mass is 10.6. The number of nitrogens with one attached hydrogen (secondary N) is 1. The average molecular weight is 97.1 g/mol. The highest BCUT2D eigenvalue weighted by Crippen LogP contribution is 1.76. The molecule has 2 nitrogen and oxygen atoms in total. The van der Waals surface area contributed by atoms with Crippen LogP contribution >= 0.6 is 0 Å². The van der Waals surface area contributed by atoms with Crippen molar-refractivity contribution in [2.24, 2.45) is 0 Å². The lowest BCUT2D eigenvalue weighted by Gasteiger charge is -1.81. The summed E-state index contributed by atoms with van der Waals surface area (Å²) in [5.74, 6) is 0. The predicted molar refractivity (Wildman–Crippen MR) is 29.4 cm³/mol. The quantitative estimate of drug-likeness (QED) is 0.447. The molecule has 0 aromatic carbocycles. The van der Waals surface area contributed by atoms with Crippen LogP contribution in [0.3, 0.4) is 0 Å². The first-order valence-corrected chi connectivity index (χ1v) is 2.38. The zero-order chi connectivity index (χ0) is 5.11. The van der Waals surface area contributed by atoms with Gasteiger partial charge in [0.1, 0.15) is 13.1 Å². The molecule has 1 N–H and O–H groups in total. The Morgan fingerprint density at radius 1 is 1.86 bits per heavy atom. The molecule has 2 heteroatoms. The van der Waals surface area contributed by atoms with Gasteiger partial charge in [-0.3, -0.25) is 5.32 Å². The minimum atomic E-state index is 1.05. The van der Waals surface area contributed by atoms with Crippen LogP contribution in [0.1, 0.15) is 0 Å². The van der Waals surface area contributed by atoms with Crippen LogP contribution in [0, 0.1) is 0 Å². The molecule has 0 unspecified atom stereocenters. The standard InChI is InChI=1S/C5H8N2/c1-2-7-4-3-6-5-7/h2,5H,1,3-4H2/p+1. The van der Waals surface area contributed by atoms with Gasteiger partial charge in [-0.25, -0.2) is 4.58 Å². The maximum Gasteiger partial charge on any atom is 0.236 e. The summed E-state index contributed by atoms with van der Waals surface area (Å²) < 4.78 is 2.01. The fourth-order valence-corrected chi connectivity index (χ4v) is 0.584. The number of hydrogen-bond donors (Lipinski definition) is 1. The van der Waals surface area contributed by atoms with Crippen molar-refractivity contribution in [1.82, 2.24) is 5.32 Å². The van der Waals surface area contributed by atoms with Crippen LogP contribution in [0.15, 0.2) is 12.8 Å². The predicted octanol–water partition coefficient (Wildman–Crippen LogP) is -0.226. The Bertz CT molecular complexity index is 105. The summed E-state index contributed by atoms with van der Waals surface area (Å²) in [5.41, 5.74) is 0. The lowest BCUT2D eigenvalue weighted by Crippen LogP contribution is -2.05. The van der Waals surface area contributed by atoms with Crippen molar-refractivity contribution in [3.05, 3.63) is 12.8 Å². The minimum absolute atomic E-state index is 1.05. The van der Waals surface area contributed by atoms with Crippen LogP contribution in [0.25, 0.3) is 0 Å². The summed E-state index contributed by atoms with van der Waals surface area (Å²) in [5, 5.41) is 3.05. The van der Waals surface area contributed by atoms with Gasteiger partial charge in [0.15, 0.2) is 0 Å². The zero-order valence-corrected chi connectivity index (χ0v) is 4.22. The molecule has 0 saturated carbocycles. The first kappa shape index (κ1) is 4.37. The Hall–Kier alpha value is -0.790. The molecule has 1 aliphatic heterocycles.